The Hall–Kier alpha value is -5.14. The number of fused-ring (bicyclic) bond motifs is 3. The molecule has 0 saturated heterocycles. The van der Waals surface area contributed by atoms with E-state index in [2.05, 4.69) is 92.7 Å². The standard InChI is InChI=1S/C43H38N4/c1-28-22-30-23-29(2)25-43(24-28,26-30)36-20-18-34(19-21-36)42-46-40(32-8-4-3-5-9-32)45-41(47-42)33-16-14-31(15-17-33)37-11-7-12-38-35(27-44)10-6-13-39(37)38/h3-21,28-30H,22-26H2,1-2H3/t28-,29+,30?,43?. The Morgan fingerprint density at radius 3 is 1.70 bits per heavy atom. The maximum absolute atomic E-state index is 9.63. The van der Waals surface area contributed by atoms with Gasteiger partial charge in [0, 0.05) is 22.1 Å². The van der Waals surface area contributed by atoms with Gasteiger partial charge in [0.1, 0.15) is 0 Å². The average Bonchev–Trinajstić information content (AvgIpc) is 3.11. The van der Waals surface area contributed by atoms with E-state index in [0.29, 0.717) is 28.5 Å². The second-order valence-corrected chi connectivity index (χ2v) is 14.1. The fourth-order valence-corrected chi connectivity index (χ4v) is 8.84. The second-order valence-electron chi connectivity index (χ2n) is 14.1. The molecule has 6 aromatic rings. The number of rotatable bonds is 5. The monoisotopic (exact) mass is 610 g/mol. The predicted octanol–water partition coefficient (Wildman–Crippen LogP) is 10.7. The Morgan fingerprint density at radius 1 is 0.553 bits per heavy atom. The van der Waals surface area contributed by atoms with Crippen molar-refractivity contribution in [3.63, 3.8) is 0 Å². The van der Waals surface area contributed by atoms with Gasteiger partial charge in [0.2, 0.25) is 0 Å². The van der Waals surface area contributed by atoms with E-state index in [-0.39, 0.29) is 0 Å². The molecule has 0 aliphatic heterocycles. The van der Waals surface area contributed by atoms with Crippen molar-refractivity contribution in [3.05, 3.63) is 126 Å². The molecule has 230 valence electrons. The third-order valence-corrected chi connectivity index (χ3v) is 10.5. The zero-order valence-electron chi connectivity index (χ0n) is 27.0. The van der Waals surface area contributed by atoms with Gasteiger partial charge in [0.15, 0.2) is 17.5 Å². The number of hydrogen-bond acceptors (Lipinski definition) is 4. The van der Waals surface area contributed by atoms with E-state index >= 15 is 0 Å². The quantitative estimate of drug-likeness (QED) is 0.195. The van der Waals surface area contributed by atoms with Crippen LogP contribution in [-0.2, 0) is 5.41 Å². The van der Waals surface area contributed by atoms with E-state index in [0.717, 1.165) is 56.3 Å². The molecular formula is C43H38N4. The van der Waals surface area contributed by atoms with Crippen molar-refractivity contribution >= 4 is 10.8 Å². The molecule has 8 rings (SSSR count). The van der Waals surface area contributed by atoms with Gasteiger partial charge >= 0.3 is 0 Å². The number of aromatic nitrogens is 3. The molecule has 1 heterocycles. The largest absolute Gasteiger partial charge is 0.208 e. The summed E-state index contributed by atoms with van der Waals surface area (Å²) in [7, 11) is 0. The molecule has 4 atom stereocenters. The van der Waals surface area contributed by atoms with Crippen LogP contribution < -0.4 is 0 Å². The molecule has 2 fully saturated rings. The van der Waals surface area contributed by atoms with Crippen molar-refractivity contribution in [2.45, 2.75) is 51.4 Å². The molecule has 2 aliphatic rings. The predicted molar refractivity (Wildman–Crippen MR) is 190 cm³/mol. The van der Waals surface area contributed by atoms with Crippen molar-refractivity contribution < 1.29 is 0 Å². The SMILES string of the molecule is C[C@@H]1CC2C[C@H](C)CC(c3ccc(-c4nc(-c5ccccc5)nc(-c5ccc(-c6cccc7c(C#N)cccc67)cc5)n4)cc3)(C2)C1. The van der Waals surface area contributed by atoms with Crippen LogP contribution in [0.4, 0.5) is 0 Å². The molecule has 4 nitrogen and oxygen atoms in total. The van der Waals surface area contributed by atoms with Crippen molar-refractivity contribution in [1.29, 1.82) is 5.26 Å². The number of hydrogen-bond donors (Lipinski definition) is 0. The second kappa shape index (κ2) is 11.9. The number of nitrogens with zero attached hydrogens (tertiary/aromatic N) is 4. The summed E-state index contributed by atoms with van der Waals surface area (Å²) < 4.78 is 0. The van der Waals surface area contributed by atoms with Gasteiger partial charge in [0.25, 0.3) is 0 Å². The number of nitriles is 1. The molecule has 0 spiro atoms. The highest BCUT2D eigenvalue weighted by Crippen LogP contribution is 2.54. The van der Waals surface area contributed by atoms with Crippen molar-refractivity contribution in [2.75, 3.05) is 0 Å². The summed E-state index contributed by atoms with van der Waals surface area (Å²) in [6, 6.07) is 42.1. The first-order valence-corrected chi connectivity index (χ1v) is 16.9. The summed E-state index contributed by atoms with van der Waals surface area (Å²) >= 11 is 0. The van der Waals surface area contributed by atoms with E-state index in [9.17, 15) is 5.26 Å². The Kier molecular flexibility index (Phi) is 7.41. The minimum absolute atomic E-state index is 0.292. The summed E-state index contributed by atoms with van der Waals surface area (Å²) in [4.78, 5) is 15.0. The minimum atomic E-state index is 0.292. The van der Waals surface area contributed by atoms with Crippen LogP contribution >= 0.6 is 0 Å². The summed E-state index contributed by atoms with van der Waals surface area (Å²) in [5.41, 5.74) is 7.54. The third kappa shape index (κ3) is 5.51. The summed E-state index contributed by atoms with van der Waals surface area (Å²) in [5, 5.41) is 11.7. The summed E-state index contributed by atoms with van der Waals surface area (Å²) in [5.74, 6) is 4.42. The van der Waals surface area contributed by atoms with E-state index in [1.165, 1.54) is 37.7 Å². The van der Waals surface area contributed by atoms with Crippen molar-refractivity contribution in [1.82, 2.24) is 15.0 Å². The van der Waals surface area contributed by atoms with Gasteiger partial charge in [-0.3, -0.25) is 0 Å². The highest BCUT2D eigenvalue weighted by molar-refractivity contribution is 5.99. The molecule has 47 heavy (non-hydrogen) atoms. The van der Waals surface area contributed by atoms with Gasteiger partial charge in [-0.1, -0.05) is 123 Å². The fourth-order valence-electron chi connectivity index (χ4n) is 8.84. The van der Waals surface area contributed by atoms with Crippen LogP contribution in [0.15, 0.2) is 115 Å². The first kappa shape index (κ1) is 29.3. The molecule has 5 aromatic carbocycles. The normalized spacial score (nSPS) is 22.1. The average molecular weight is 611 g/mol. The minimum Gasteiger partial charge on any atom is -0.208 e. The van der Waals surface area contributed by atoms with Gasteiger partial charge in [-0.2, -0.15) is 5.26 Å². The van der Waals surface area contributed by atoms with E-state index in [4.69, 9.17) is 15.0 Å². The van der Waals surface area contributed by atoms with E-state index in [1.54, 1.807) is 0 Å². The Balaban J connectivity index is 1.17. The molecule has 2 saturated carbocycles. The topological polar surface area (TPSA) is 62.5 Å². The highest BCUT2D eigenvalue weighted by atomic mass is 15.0. The van der Waals surface area contributed by atoms with Crippen molar-refractivity contribution in [2.24, 2.45) is 17.8 Å². The van der Waals surface area contributed by atoms with Crippen LogP contribution in [0.25, 0.3) is 56.1 Å². The van der Waals surface area contributed by atoms with Crippen LogP contribution in [0.3, 0.4) is 0 Å². The Bertz CT molecular complexity index is 2090. The summed E-state index contributed by atoms with van der Waals surface area (Å²) in [6.07, 6.45) is 6.66. The van der Waals surface area contributed by atoms with Gasteiger partial charge in [-0.25, -0.2) is 15.0 Å². The van der Waals surface area contributed by atoms with Crippen LogP contribution in [0.1, 0.15) is 57.1 Å². The van der Waals surface area contributed by atoms with Crippen LogP contribution in [0.2, 0.25) is 0 Å². The molecule has 2 unspecified atom stereocenters. The van der Waals surface area contributed by atoms with Crippen LogP contribution in [0.5, 0.6) is 0 Å². The first-order chi connectivity index (χ1) is 23.0. The lowest BCUT2D eigenvalue weighted by molar-refractivity contribution is 0.0780. The molecule has 4 heteroatoms. The first-order valence-electron chi connectivity index (χ1n) is 16.9. The molecular weight excluding hydrogens is 573 g/mol. The lowest BCUT2D eigenvalue weighted by Crippen LogP contribution is -2.42. The number of benzene rings is 5. The molecule has 2 aliphatic carbocycles. The zero-order valence-corrected chi connectivity index (χ0v) is 27.0. The molecule has 1 aromatic heterocycles. The molecule has 0 radical (unpaired) electrons. The van der Waals surface area contributed by atoms with Crippen molar-refractivity contribution in [3.8, 4) is 51.4 Å². The molecule has 2 bridgehead atoms. The van der Waals surface area contributed by atoms with Gasteiger partial charge in [-0.05, 0) is 83.4 Å². The van der Waals surface area contributed by atoms with Gasteiger partial charge < -0.3 is 0 Å². The lowest BCUT2D eigenvalue weighted by Gasteiger charge is -2.50. The maximum Gasteiger partial charge on any atom is 0.164 e. The smallest absolute Gasteiger partial charge is 0.164 e. The maximum atomic E-state index is 9.63. The van der Waals surface area contributed by atoms with Gasteiger partial charge in [-0.15, -0.1) is 0 Å². The van der Waals surface area contributed by atoms with E-state index in [1.807, 2.05) is 42.5 Å². The van der Waals surface area contributed by atoms with Gasteiger partial charge in [0.05, 0.1) is 11.6 Å². The van der Waals surface area contributed by atoms with Crippen LogP contribution in [0, 0.1) is 29.1 Å². The molecule has 0 N–H and O–H groups in total. The van der Waals surface area contributed by atoms with E-state index < -0.39 is 0 Å². The molecule has 0 amide bonds. The summed E-state index contributed by atoms with van der Waals surface area (Å²) in [6.45, 7) is 4.89. The Morgan fingerprint density at radius 2 is 1.09 bits per heavy atom. The Labute approximate surface area is 277 Å². The highest BCUT2D eigenvalue weighted by Gasteiger charge is 2.45. The third-order valence-electron chi connectivity index (χ3n) is 10.5. The lowest BCUT2D eigenvalue weighted by atomic mass is 9.54. The zero-order chi connectivity index (χ0) is 32.0. The van der Waals surface area contributed by atoms with Crippen LogP contribution in [-0.4, -0.2) is 15.0 Å². The fraction of sp³-hybridized carbons (Fsp3) is 0.256.